The van der Waals surface area contributed by atoms with Gasteiger partial charge in [0.05, 0.1) is 25.8 Å². The Labute approximate surface area is 236 Å². The lowest BCUT2D eigenvalue weighted by molar-refractivity contribution is -0.119. The monoisotopic (exact) mass is 550 g/mol. The number of carbonyl (C=O) groups excluding carboxylic acids is 1. The average Bonchev–Trinajstić information content (AvgIpc) is 3.72. The Kier molecular flexibility index (Phi) is 6.26. The van der Waals surface area contributed by atoms with Crippen molar-refractivity contribution in [1.29, 1.82) is 0 Å². The molecule has 11 nitrogen and oxygen atoms in total. The molecule has 0 spiro atoms. The van der Waals surface area contributed by atoms with Crippen molar-refractivity contribution < 1.29 is 14.3 Å². The number of aromatic nitrogens is 6. The van der Waals surface area contributed by atoms with Crippen LogP contribution in [0.4, 0.5) is 5.69 Å². The van der Waals surface area contributed by atoms with Crippen molar-refractivity contribution in [3.8, 4) is 34.4 Å². The first-order valence-corrected chi connectivity index (χ1v) is 13.8. The standard InChI is InChI=1S/C30H30N8O3/c1-40-22-8-5-19(6-9-22)17-36-18-33-29(35-36)20-7-10-23(32-16-20)30-34-24-14-21(37-11-2-4-25(37)28(31)39)15-26-27(24)38(30)12-3-13-41-26/h5-10,14-16,18,25H,2-4,11-13,17H2,1H3,(H2,31,39)/t25-/m0/s1. The molecule has 1 saturated heterocycles. The number of benzene rings is 2. The number of anilines is 1. The molecule has 2 aliphatic heterocycles. The van der Waals surface area contributed by atoms with Gasteiger partial charge in [0, 0.05) is 36.6 Å². The molecule has 208 valence electrons. The highest BCUT2D eigenvalue weighted by atomic mass is 16.5. The predicted molar refractivity (Wildman–Crippen MR) is 154 cm³/mol. The largest absolute Gasteiger partial charge is 0.497 e. The van der Waals surface area contributed by atoms with E-state index in [2.05, 4.69) is 19.5 Å². The molecule has 2 aromatic carbocycles. The Balaban J connectivity index is 1.18. The van der Waals surface area contributed by atoms with E-state index in [0.717, 1.165) is 83.2 Å². The topological polar surface area (TPSA) is 126 Å². The van der Waals surface area contributed by atoms with E-state index >= 15 is 0 Å². The molecule has 0 radical (unpaired) electrons. The van der Waals surface area contributed by atoms with Gasteiger partial charge >= 0.3 is 0 Å². The van der Waals surface area contributed by atoms with Crippen molar-refractivity contribution in [2.24, 2.45) is 5.73 Å². The van der Waals surface area contributed by atoms with Gasteiger partial charge in [-0.1, -0.05) is 12.1 Å². The number of imidazole rings is 1. The molecule has 11 heteroatoms. The molecule has 2 aliphatic rings. The number of rotatable bonds is 7. The quantitative estimate of drug-likeness (QED) is 0.325. The maximum absolute atomic E-state index is 12.1. The van der Waals surface area contributed by atoms with Gasteiger partial charge in [0.2, 0.25) is 5.91 Å². The number of carbonyl (C=O) groups is 1. The number of hydrogen-bond donors (Lipinski definition) is 1. The van der Waals surface area contributed by atoms with Gasteiger partial charge in [0.25, 0.3) is 0 Å². The summed E-state index contributed by atoms with van der Waals surface area (Å²) in [6.45, 7) is 2.76. The summed E-state index contributed by atoms with van der Waals surface area (Å²) in [6, 6.07) is 15.6. The zero-order valence-electron chi connectivity index (χ0n) is 22.7. The molecule has 0 aliphatic carbocycles. The first kappa shape index (κ1) is 25.1. The summed E-state index contributed by atoms with van der Waals surface area (Å²) in [4.78, 5) is 28.4. The Morgan fingerprint density at radius 2 is 1.98 bits per heavy atom. The number of hydrogen-bond acceptors (Lipinski definition) is 8. The van der Waals surface area contributed by atoms with Gasteiger partial charge < -0.3 is 24.7 Å². The molecule has 5 heterocycles. The number of ether oxygens (including phenoxy) is 2. The zero-order chi connectivity index (χ0) is 27.9. The summed E-state index contributed by atoms with van der Waals surface area (Å²) >= 11 is 0. The Morgan fingerprint density at radius 1 is 1.10 bits per heavy atom. The molecule has 1 atom stereocenters. The normalized spacial score (nSPS) is 16.5. The summed E-state index contributed by atoms with van der Waals surface area (Å²) < 4.78 is 15.4. The summed E-state index contributed by atoms with van der Waals surface area (Å²) in [5.74, 6) is 2.68. The van der Waals surface area contributed by atoms with Gasteiger partial charge in [0.1, 0.15) is 35.1 Å². The van der Waals surface area contributed by atoms with Crippen molar-refractivity contribution in [2.45, 2.75) is 38.4 Å². The van der Waals surface area contributed by atoms with Gasteiger partial charge in [-0.05, 0) is 55.2 Å². The number of nitrogens with zero attached hydrogens (tertiary/aromatic N) is 7. The second-order valence-corrected chi connectivity index (χ2v) is 10.4. The molecule has 3 aromatic heterocycles. The predicted octanol–water partition coefficient (Wildman–Crippen LogP) is 3.65. The van der Waals surface area contributed by atoms with Crippen molar-refractivity contribution in [2.75, 3.05) is 25.2 Å². The molecular formula is C30H30N8O3. The van der Waals surface area contributed by atoms with E-state index in [-0.39, 0.29) is 11.9 Å². The van der Waals surface area contributed by atoms with E-state index in [1.165, 1.54) is 0 Å². The van der Waals surface area contributed by atoms with Crippen LogP contribution in [0.5, 0.6) is 11.5 Å². The van der Waals surface area contributed by atoms with Gasteiger partial charge in [-0.3, -0.25) is 9.78 Å². The van der Waals surface area contributed by atoms with E-state index < -0.39 is 0 Å². The minimum Gasteiger partial charge on any atom is -0.497 e. The van der Waals surface area contributed by atoms with Crippen LogP contribution < -0.4 is 20.1 Å². The molecule has 1 amide bonds. The second-order valence-electron chi connectivity index (χ2n) is 10.4. The highest BCUT2D eigenvalue weighted by Gasteiger charge is 2.31. The van der Waals surface area contributed by atoms with Crippen molar-refractivity contribution >= 4 is 22.6 Å². The number of aryl methyl sites for hydroxylation is 1. The zero-order valence-corrected chi connectivity index (χ0v) is 22.7. The fourth-order valence-electron chi connectivity index (χ4n) is 5.76. The lowest BCUT2D eigenvalue weighted by atomic mass is 10.2. The lowest BCUT2D eigenvalue weighted by Gasteiger charge is -2.25. The van der Waals surface area contributed by atoms with Crippen LogP contribution in [-0.4, -0.2) is 61.5 Å². The van der Waals surface area contributed by atoms with Crippen LogP contribution in [0, 0.1) is 0 Å². The Morgan fingerprint density at radius 3 is 2.76 bits per heavy atom. The van der Waals surface area contributed by atoms with E-state index in [1.54, 1.807) is 19.6 Å². The van der Waals surface area contributed by atoms with Crippen LogP contribution in [0.2, 0.25) is 0 Å². The van der Waals surface area contributed by atoms with Crippen LogP contribution in [0.25, 0.3) is 33.9 Å². The van der Waals surface area contributed by atoms with E-state index in [1.807, 2.05) is 53.2 Å². The number of amides is 1. The third kappa shape index (κ3) is 4.62. The van der Waals surface area contributed by atoms with Gasteiger partial charge in [-0.15, -0.1) is 0 Å². The molecule has 0 unspecified atom stereocenters. The Bertz CT molecular complexity index is 1730. The maximum atomic E-state index is 12.1. The molecule has 5 aromatic rings. The van der Waals surface area contributed by atoms with Crippen LogP contribution >= 0.6 is 0 Å². The van der Waals surface area contributed by atoms with E-state index in [9.17, 15) is 4.79 Å². The number of nitrogens with two attached hydrogens (primary N) is 1. The molecule has 0 bridgehead atoms. The van der Waals surface area contributed by atoms with Gasteiger partial charge in [-0.2, -0.15) is 5.10 Å². The van der Waals surface area contributed by atoms with Gasteiger partial charge in [0.15, 0.2) is 11.6 Å². The highest BCUT2D eigenvalue weighted by Crippen LogP contribution is 2.38. The highest BCUT2D eigenvalue weighted by molar-refractivity contribution is 5.91. The molecule has 7 rings (SSSR count). The fraction of sp³-hybridized carbons (Fsp3) is 0.300. The minimum atomic E-state index is -0.311. The van der Waals surface area contributed by atoms with Crippen molar-refractivity contribution in [1.82, 2.24) is 29.3 Å². The summed E-state index contributed by atoms with van der Waals surface area (Å²) in [5.41, 5.74) is 11.1. The summed E-state index contributed by atoms with van der Waals surface area (Å²) in [7, 11) is 1.66. The molecule has 2 N–H and O–H groups in total. The fourth-order valence-corrected chi connectivity index (χ4v) is 5.76. The SMILES string of the molecule is COc1ccc(Cn2cnc(-c3ccc(-c4nc5cc(N6CCC[C@H]6C(N)=O)cc6c5n4CCCO6)nc3)n2)cc1. The van der Waals surface area contributed by atoms with Crippen LogP contribution in [0.1, 0.15) is 24.8 Å². The van der Waals surface area contributed by atoms with Crippen LogP contribution in [0.15, 0.2) is 61.1 Å². The molecule has 0 saturated carbocycles. The molecule has 41 heavy (non-hydrogen) atoms. The average molecular weight is 551 g/mol. The smallest absolute Gasteiger partial charge is 0.240 e. The summed E-state index contributed by atoms with van der Waals surface area (Å²) in [5, 5.41) is 4.65. The molecule has 1 fully saturated rings. The van der Waals surface area contributed by atoms with E-state index in [4.69, 9.17) is 25.2 Å². The number of primary amides is 1. The van der Waals surface area contributed by atoms with Crippen molar-refractivity contribution in [3.05, 3.63) is 66.6 Å². The van der Waals surface area contributed by atoms with E-state index in [0.29, 0.717) is 19.0 Å². The van der Waals surface area contributed by atoms with Crippen LogP contribution in [-0.2, 0) is 17.9 Å². The maximum Gasteiger partial charge on any atom is 0.240 e. The first-order valence-electron chi connectivity index (χ1n) is 13.8. The second kappa shape index (κ2) is 10.2. The third-order valence-electron chi connectivity index (χ3n) is 7.78. The van der Waals surface area contributed by atoms with Gasteiger partial charge in [-0.25, -0.2) is 14.6 Å². The van der Waals surface area contributed by atoms with Crippen molar-refractivity contribution in [3.63, 3.8) is 0 Å². The van der Waals surface area contributed by atoms with Crippen LogP contribution in [0.3, 0.4) is 0 Å². The molecular weight excluding hydrogens is 520 g/mol. The number of methoxy groups -OCH3 is 1. The number of pyridine rings is 1. The minimum absolute atomic E-state index is 0.301. The first-order chi connectivity index (χ1) is 20.1. The summed E-state index contributed by atoms with van der Waals surface area (Å²) in [6.07, 6.45) is 6.05. The lowest BCUT2D eigenvalue weighted by Crippen LogP contribution is -2.40. The third-order valence-corrected chi connectivity index (χ3v) is 7.78. The Hall–Kier alpha value is -4.93.